The molecule has 0 aliphatic heterocycles. The van der Waals surface area contributed by atoms with Crippen LogP contribution in [0.15, 0.2) is 0 Å². The van der Waals surface area contributed by atoms with Crippen molar-refractivity contribution in [2.45, 2.75) is 11.8 Å². The molecule has 1 atom stereocenters. The Kier molecular flexibility index (Phi) is 8.11. The van der Waals surface area contributed by atoms with Crippen LogP contribution in [0.5, 0.6) is 0 Å². The molecular formula is C5H14O5P2S2. The van der Waals surface area contributed by atoms with Gasteiger partial charge in [-0.25, -0.2) is 0 Å². The highest BCUT2D eigenvalue weighted by Gasteiger charge is 2.35. The van der Waals surface area contributed by atoms with Gasteiger partial charge in [0.2, 0.25) is 0 Å². The van der Waals surface area contributed by atoms with Crippen LogP contribution in [0.3, 0.4) is 0 Å². The molecule has 1 unspecified atom stereocenters. The molecule has 0 aliphatic rings. The van der Waals surface area contributed by atoms with Gasteiger partial charge in [0.25, 0.3) is 0 Å². The van der Waals surface area contributed by atoms with E-state index in [-0.39, 0.29) is 5.75 Å². The minimum Gasteiger partial charge on any atom is -0.349 e. The predicted molar refractivity (Wildman–Crippen MR) is 63.0 cm³/mol. The molecule has 0 radical (unpaired) electrons. The van der Waals surface area contributed by atoms with E-state index in [1.54, 1.807) is 0 Å². The van der Waals surface area contributed by atoms with E-state index in [0.717, 1.165) is 6.42 Å². The molecule has 0 saturated carbocycles. The molecule has 86 valence electrons. The van der Waals surface area contributed by atoms with Crippen molar-refractivity contribution < 1.29 is 24.1 Å². The summed E-state index contributed by atoms with van der Waals surface area (Å²) < 4.78 is 10.8. The van der Waals surface area contributed by atoms with Gasteiger partial charge >= 0.3 is 7.60 Å². The lowest BCUT2D eigenvalue weighted by atomic mass is 10.6. The van der Waals surface area contributed by atoms with Crippen LogP contribution in [0.2, 0.25) is 0 Å². The topological polar surface area (TPSA) is 98.0 Å². The van der Waals surface area contributed by atoms with Gasteiger partial charge in [-0.15, -0.1) is 0 Å². The van der Waals surface area contributed by atoms with Gasteiger partial charge in [-0.3, -0.25) is 4.57 Å². The molecule has 0 aromatic carbocycles. The Labute approximate surface area is 93.8 Å². The second kappa shape index (κ2) is 7.47. The van der Waals surface area contributed by atoms with Gasteiger partial charge in [0.05, 0.1) is 0 Å². The molecule has 0 rings (SSSR count). The van der Waals surface area contributed by atoms with E-state index in [0.29, 0.717) is 11.5 Å². The van der Waals surface area contributed by atoms with Crippen molar-refractivity contribution >= 4 is 40.4 Å². The third-order valence-corrected chi connectivity index (χ3v) is 6.52. The molecule has 5 nitrogen and oxygen atoms in total. The standard InChI is InChI=1S/C5H14O5P2S2/c6-11(7)5(12(8,9)10)4-14-3-1-2-13/h5-7,13H,1-4H2,(H2,8,9,10). The Balaban J connectivity index is 3.94. The van der Waals surface area contributed by atoms with Gasteiger partial charge in [0, 0.05) is 5.75 Å². The molecule has 0 fully saturated rings. The first-order valence-corrected chi connectivity index (χ1v) is 8.59. The first-order chi connectivity index (χ1) is 6.39. The fraction of sp³-hybridized carbons (Fsp3) is 1.00. The fourth-order valence-electron chi connectivity index (χ4n) is 0.654. The third kappa shape index (κ3) is 6.64. The fourth-order valence-corrected chi connectivity index (χ4v) is 4.77. The van der Waals surface area contributed by atoms with E-state index in [4.69, 9.17) is 19.6 Å². The lowest BCUT2D eigenvalue weighted by Crippen LogP contribution is -2.09. The second-order valence-electron chi connectivity index (χ2n) is 2.54. The molecule has 9 heteroatoms. The van der Waals surface area contributed by atoms with E-state index in [9.17, 15) is 4.57 Å². The van der Waals surface area contributed by atoms with Crippen LogP contribution in [-0.4, -0.2) is 42.2 Å². The van der Waals surface area contributed by atoms with Gasteiger partial charge in [0.15, 0.2) is 8.38 Å². The predicted octanol–water partition coefficient (Wildman–Crippen LogP) is 0.840. The van der Waals surface area contributed by atoms with Crippen molar-refractivity contribution in [2.75, 3.05) is 17.3 Å². The number of thioether (sulfide) groups is 1. The average molecular weight is 280 g/mol. The van der Waals surface area contributed by atoms with Gasteiger partial charge < -0.3 is 19.6 Å². The van der Waals surface area contributed by atoms with Gasteiger partial charge in [0.1, 0.15) is 5.40 Å². The average Bonchev–Trinajstić information content (AvgIpc) is 2.01. The molecule has 0 spiro atoms. The monoisotopic (exact) mass is 280 g/mol. The van der Waals surface area contributed by atoms with E-state index < -0.39 is 21.4 Å². The van der Waals surface area contributed by atoms with Gasteiger partial charge in [-0.2, -0.15) is 24.4 Å². The summed E-state index contributed by atoms with van der Waals surface area (Å²) in [7, 11) is -6.97. The summed E-state index contributed by atoms with van der Waals surface area (Å²) in [4.78, 5) is 35.2. The van der Waals surface area contributed by atoms with Gasteiger partial charge in [-0.1, -0.05) is 0 Å². The van der Waals surface area contributed by atoms with Crippen molar-refractivity contribution in [1.82, 2.24) is 0 Å². The molecule has 0 saturated heterocycles. The lowest BCUT2D eigenvalue weighted by Gasteiger charge is -2.18. The molecule has 14 heavy (non-hydrogen) atoms. The smallest absolute Gasteiger partial charge is 0.338 e. The zero-order valence-electron chi connectivity index (χ0n) is 7.35. The third-order valence-electron chi connectivity index (χ3n) is 1.37. The summed E-state index contributed by atoms with van der Waals surface area (Å²) >= 11 is 5.28. The largest absolute Gasteiger partial charge is 0.349 e. The number of hydrogen-bond donors (Lipinski definition) is 5. The summed E-state index contributed by atoms with van der Waals surface area (Å²) in [5.41, 5.74) is 0. The molecule has 0 aliphatic carbocycles. The van der Waals surface area contributed by atoms with E-state index in [1.165, 1.54) is 11.8 Å². The Morgan fingerprint density at radius 2 is 2.00 bits per heavy atom. The van der Waals surface area contributed by atoms with Crippen LogP contribution in [0.25, 0.3) is 0 Å². The van der Waals surface area contributed by atoms with E-state index >= 15 is 0 Å². The van der Waals surface area contributed by atoms with E-state index in [1.807, 2.05) is 0 Å². The van der Waals surface area contributed by atoms with Crippen LogP contribution >= 0.6 is 40.4 Å². The highest BCUT2D eigenvalue weighted by molar-refractivity contribution is 8.00. The highest BCUT2D eigenvalue weighted by atomic mass is 32.2. The maximum absolute atomic E-state index is 10.8. The van der Waals surface area contributed by atoms with Crippen LogP contribution in [-0.2, 0) is 4.57 Å². The van der Waals surface area contributed by atoms with Gasteiger partial charge in [-0.05, 0) is 17.9 Å². The molecule has 0 heterocycles. The highest BCUT2D eigenvalue weighted by Crippen LogP contribution is 2.56. The van der Waals surface area contributed by atoms with Crippen molar-refractivity contribution in [3.05, 3.63) is 0 Å². The number of rotatable bonds is 7. The first kappa shape index (κ1) is 15.2. The number of hydrogen-bond acceptors (Lipinski definition) is 5. The van der Waals surface area contributed by atoms with Crippen LogP contribution < -0.4 is 0 Å². The first-order valence-electron chi connectivity index (χ1n) is 3.80. The SMILES string of the molecule is O=P(O)(O)C(CSCCCS)P(O)O. The normalized spacial score (nSPS) is 14.7. The molecule has 0 bridgehead atoms. The quantitative estimate of drug-likeness (QED) is 0.269. The van der Waals surface area contributed by atoms with Crippen LogP contribution in [0.4, 0.5) is 0 Å². The minimum absolute atomic E-state index is 0.0662. The summed E-state index contributed by atoms with van der Waals surface area (Å²) in [6.45, 7) is 0. The molecular weight excluding hydrogens is 266 g/mol. The Morgan fingerprint density at radius 1 is 1.43 bits per heavy atom. The summed E-state index contributed by atoms with van der Waals surface area (Å²) in [6.07, 6.45) is 0.830. The number of thiol groups is 1. The zero-order valence-corrected chi connectivity index (χ0v) is 10.9. The summed E-state index contributed by atoms with van der Waals surface area (Å²) in [5, 5.41) is -1.33. The molecule has 0 aromatic heterocycles. The summed E-state index contributed by atoms with van der Waals surface area (Å²) in [5.74, 6) is 1.49. The summed E-state index contributed by atoms with van der Waals surface area (Å²) in [6, 6.07) is 0. The van der Waals surface area contributed by atoms with Crippen molar-refractivity contribution in [3.63, 3.8) is 0 Å². The van der Waals surface area contributed by atoms with Crippen LogP contribution in [0.1, 0.15) is 6.42 Å². The second-order valence-corrected chi connectivity index (χ2v) is 7.61. The van der Waals surface area contributed by atoms with Crippen LogP contribution in [0, 0.1) is 0 Å². The maximum Gasteiger partial charge on any atom is 0.338 e. The van der Waals surface area contributed by atoms with Crippen molar-refractivity contribution in [1.29, 1.82) is 0 Å². The zero-order chi connectivity index (χ0) is 11.2. The Hall–Kier alpha value is 1.20. The molecule has 4 N–H and O–H groups in total. The Morgan fingerprint density at radius 3 is 2.36 bits per heavy atom. The Bertz CT molecular complexity index is 197. The minimum atomic E-state index is -4.39. The molecule has 0 aromatic rings. The lowest BCUT2D eigenvalue weighted by molar-refractivity contribution is 0.365. The maximum atomic E-state index is 10.8. The van der Waals surface area contributed by atoms with Crippen molar-refractivity contribution in [3.8, 4) is 0 Å². The van der Waals surface area contributed by atoms with Crippen molar-refractivity contribution in [2.24, 2.45) is 0 Å². The van der Waals surface area contributed by atoms with E-state index in [2.05, 4.69) is 12.6 Å². The molecule has 0 amide bonds.